The maximum Gasteiger partial charge on any atom is 0.222 e. The van der Waals surface area contributed by atoms with Crippen LogP contribution in [-0.2, 0) is 4.79 Å². The van der Waals surface area contributed by atoms with E-state index in [-0.39, 0.29) is 33.6 Å². The number of aliphatic hydroxyl groups is 2. The number of quaternary nitrogens is 1. The Bertz CT molecular complexity index is 783. The third-order valence-electron chi connectivity index (χ3n) is 11.9. The van der Waals surface area contributed by atoms with Crippen molar-refractivity contribution >= 4 is 5.91 Å². The molecule has 36 heavy (non-hydrogen) atoms. The van der Waals surface area contributed by atoms with Crippen molar-refractivity contribution < 1.29 is 19.7 Å². The molecule has 0 heterocycles. The van der Waals surface area contributed by atoms with Gasteiger partial charge in [-0.2, -0.15) is 0 Å². The molecule has 4 rings (SSSR count). The van der Waals surface area contributed by atoms with E-state index in [4.69, 9.17) is 0 Å². The average Bonchev–Trinajstić information content (AvgIpc) is 3.16. The number of hydrogen-bond acceptors (Lipinski definition) is 4. The van der Waals surface area contributed by atoms with Crippen LogP contribution in [0.4, 0.5) is 0 Å². The summed E-state index contributed by atoms with van der Waals surface area (Å²) < 4.78 is -0.313. The Morgan fingerprint density at radius 2 is 1.81 bits per heavy atom. The fraction of sp³-hybridized carbons (Fsp3) is 0.967. The van der Waals surface area contributed by atoms with Crippen LogP contribution in [0.5, 0.6) is 0 Å². The standard InChI is InChI=1S/C30H54N2O4/c1-20(8-13-28(35)31(4)16-7-17-32(5,6)36)24-11-12-25-23-10-9-21-18-22(33)14-15-29(21,2)26(23)19-27(34)30(24,25)3/h20-27,33-34H,7-19H2,1-6H3/t20-,21-,22-,23+,24-,25?,26+,27+,29+,30-/m1/s1. The predicted molar refractivity (Wildman–Crippen MR) is 144 cm³/mol. The molecule has 1 amide bonds. The van der Waals surface area contributed by atoms with E-state index in [9.17, 15) is 20.2 Å². The molecule has 4 saturated carbocycles. The van der Waals surface area contributed by atoms with Gasteiger partial charge in [0.15, 0.2) is 0 Å². The van der Waals surface area contributed by atoms with Gasteiger partial charge in [0.1, 0.15) is 0 Å². The summed E-state index contributed by atoms with van der Waals surface area (Å²) in [4.78, 5) is 14.6. The van der Waals surface area contributed by atoms with Gasteiger partial charge in [0.25, 0.3) is 0 Å². The van der Waals surface area contributed by atoms with Crippen molar-refractivity contribution in [1.82, 2.24) is 4.90 Å². The van der Waals surface area contributed by atoms with Crippen LogP contribution in [0, 0.1) is 51.5 Å². The molecule has 0 aliphatic heterocycles. The zero-order valence-electron chi connectivity index (χ0n) is 23.9. The lowest BCUT2D eigenvalue weighted by atomic mass is 9.43. The van der Waals surface area contributed by atoms with E-state index in [0.29, 0.717) is 55.0 Å². The number of nitrogens with zero attached hydrogens (tertiary/aromatic N) is 2. The second-order valence-electron chi connectivity index (χ2n) is 14.4. The van der Waals surface area contributed by atoms with Crippen LogP contribution in [0.3, 0.4) is 0 Å². The largest absolute Gasteiger partial charge is 0.633 e. The zero-order chi connectivity index (χ0) is 26.5. The van der Waals surface area contributed by atoms with Crippen LogP contribution >= 0.6 is 0 Å². The topological polar surface area (TPSA) is 83.8 Å². The van der Waals surface area contributed by atoms with Gasteiger partial charge >= 0.3 is 0 Å². The molecule has 0 aromatic carbocycles. The molecule has 4 aliphatic carbocycles. The fourth-order valence-corrected chi connectivity index (χ4v) is 9.72. The van der Waals surface area contributed by atoms with E-state index in [0.717, 1.165) is 38.5 Å². The minimum Gasteiger partial charge on any atom is -0.633 e. The molecular weight excluding hydrogens is 452 g/mol. The van der Waals surface area contributed by atoms with E-state index in [1.807, 2.05) is 7.05 Å². The van der Waals surface area contributed by atoms with Crippen molar-refractivity contribution in [2.75, 3.05) is 34.2 Å². The summed E-state index contributed by atoms with van der Waals surface area (Å²) in [5.74, 6) is 3.52. The monoisotopic (exact) mass is 506 g/mol. The smallest absolute Gasteiger partial charge is 0.222 e. The van der Waals surface area contributed by atoms with Gasteiger partial charge in [0.2, 0.25) is 5.91 Å². The summed E-state index contributed by atoms with van der Waals surface area (Å²) in [5.41, 5.74) is 0.218. The van der Waals surface area contributed by atoms with Crippen molar-refractivity contribution in [3.63, 3.8) is 0 Å². The van der Waals surface area contributed by atoms with Crippen LogP contribution in [0.25, 0.3) is 0 Å². The number of hydroxylamine groups is 3. The highest BCUT2D eigenvalue weighted by molar-refractivity contribution is 5.75. The molecule has 0 saturated heterocycles. The molecule has 0 radical (unpaired) electrons. The first-order valence-corrected chi connectivity index (χ1v) is 14.9. The molecule has 0 spiro atoms. The molecule has 1 unspecified atom stereocenters. The first kappa shape index (κ1) is 28.3. The molecule has 208 valence electrons. The SMILES string of the molecule is C[C@H](CCC(=O)N(C)CCC[N+](C)(C)[O-])[C@H]1CCC2[C@@H]3CC[C@@H]4C[C@H](O)CC[C@]4(C)[C@H]3C[C@H](O)[C@@]21C. The number of rotatable bonds is 8. The lowest BCUT2D eigenvalue weighted by Crippen LogP contribution is -2.58. The number of hydrogen-bond donors (Lipinski definition) is 2. The fourth-order valence-electron chi connectivity index (χ4n) is 9.72. The quantitative estimate of drug-likeness (QED) is 0.365. The molecule has 0 aromatic rings. The first-order chi connectivity index (χ1) is 16.8. The second kappa shape index (κ2) is 10.5. The Morgan fingerprint density at radius 3 is 2.50 bits per heavy atom. The Kier molecular flexibility index (Phi) is 8.23. The molecule has 10 atom stereocenters. The molecule has 2 N–H and O–H groups in total. The van der Waals surface area contributed by atoms with Crippen molar-refractivity contribution in [1.29, 1.82) is 0 Å². The number of aliphatic hydroxyl groups excluding tert-OH is 2. The van der Waals surface area contributed by atoms with Gasteiger partial charge in [-0.15, -0.1) is 0 Å². The summed E-state index contributed by atoms with van der Waals surface area (Å²) in [6.45, 7) is 8.32. The maximum absolute atomic E-state index is 12.8. The Labute approximate surface area is 220 Å². The van der Waals surface area contributed by atoms with Gasteiger partial charge in [0.05, 0.1) is 32.8 Å². The Balaban J connectivity index is 1.37. The third kappa shape index (κ3) is 5.26. The van der Waals surface area contributed by atoms with Crippen LogP contribution in [0.15, 0.2) is 0 Å². The van der Waals surface area contributed by atoms with E-state index in [1.54, 1.807) is 19.0 Å². The Morgan fingerprint density at radius 1 is 1.08 bits per heavy atom. The first-order valence-electron chi connectivity index (χ1n) is 14.9. The molecule has 4 fully saturated rings. The summed E-state index contributed by atoms with van der Waals surface area (Å²) in [5, 5.41) is 33.8. The minimum atomic E-state index is -0.313. The normalized spacial score (nSPS) is 43.3. The molecule has 6 heteroatoms. The Hall–Kier alpha value is -0.690. The van der Waals surface area contributed by atoms with Gasteiger partial charge in [-0.1, -0.05) is 20.8 Å². The van der Waals surface area contributed by atoms with Gasteiger partial charge < -0.3 is 25.0 Å². The van der Waals surface area contributed by atoms with Crippen molar-refractivity contribution in [2.24, 2.45) is 46.3 Å². The molecule has 0 bridgehead atoms. The number of fused-ring (bicyclic) bond motifs is 5. The van der Waals surface area contributed by atoms with Crippen molar-refractivity contribution in [2.45, 2.75) is 104 Å². The highest BCUT2D eigenvalue weighted by Gasteiger charge is 2.63. The van der Waals surface area contributed by atoms with E-state index in [2.05, 4.69) is 20.8 Å². The zero-order valence-corrected chi connectivity index (χ0v) is 23.9. The molecule has 4 aliphatic rings. The minimum absolute atomic E-state index is 0.0511. The third-order valence-corrected chi connectivity index (χ3v) is 11.9. The highest BCUT2D eigenvalue weighted by Crippen LogP contribution is 2.68. The van der Waals surface area contributed by atoms with Gasteiger partial charge in [0, 0.05) is 26.4 Å². The van der Waals surface area contributed by atoms with E-state index in [1.165, 1.54) is 25.7 Å². The molecule has 0 aromatic heterocycles. The summed E-state index contributed by atoms with van der Waals surface area (Å²) in [7, 11) is 5.15. The number of amides is 1. The van der Waals surface area contributed by atoms with Crippen LogP contribution in [-0.4, -0.2) is 72.1 Å². The maximum atomic E-state index is 12.8. The van der Waals surface area contributed by atoms with Gasteiger partial charge in [-0.05, 0) is 104 Å². The van der Waals surface area contributed by atoms with Gasteiger partial charge in [-0.3, -0.25) is 4.79 Å². The second-order valence-corrected chi connectivity index (χ2v) is 14.4. The summed E-state index contributed by atoms with van der Waals surface area (Å²) in [6, 6.07) is 0. The average molecular weight is 507 g/mol. The van der Waals surface area contributed by atoms with Crippen LogP contribution in [0.1, 0.15) is 91.4 Å². The summed E-state index contributed by atoms with van der Waals surface area (Å²) in [6.07, 6.45) is 10.5. The van der Waals surface area contributed by atoms with E-state index >= 15 is 0 Å². The molecular formula is C30H54N2O4. The van der Waals surface area contributed by atoms with Crippen LogP contribution < -0.4 is 0 Å². The van der Waals surface area contributed by atoms with E-state index < -0.39 is 0 Å². The number of carbonyl (C=O) groups is 1. The number of carbonyl (C=O) groups excluding carboxylic acids is 1. The van der Waals surface area contributed by atoms with Crippen molar-refractivity contribution in [3.05, 3.63) is 5.21 Å². The van der Waals surface area contributed by atoms with Crippen molar-refractivity contribution in [3.8, 4) is 0 Å². The highest BCUT2D eigenvalue weighted by atomic mass is 16.5. The summed E-state index contributed by atoms with van der Waals surface area (Å²) >= 11 is 0. The van der Waals surface area contributed by atoms with Gasteiger partial charge in [-0.25, -0.2) is 0 Å². The lowest BCUT2D eigenvalue weighted by Gasteiger charge is -2.62. The lowest BCUT2D eigenvalue weighted by molar-refractivity contribution is -0.840. The van der Waals surface area contributed by atoms with Crippen LogP contribution in [0.2, 0.25) is 0 Å². The molecule has 6 nitrogen and oxygen atoms in total. The predicted octanol–water partition coefficient (Wildman–Crippen LogP) is 4.82.